The van der Waals surface area contributed by atoms with Crippen molar-refractivity contribution in [3.05, 3.63) is 243 Å². The second-order valence-corrected chi connectivity index (χ2v) is 15.4. The molecule has 288 valence electrons. The van der Waals surface area contributed by atoms with Gasteiger partial charge in [0.1, 0.15) is 11.2 Å². The summed E-state index contributed by atoms with van der Waals surface area (Å²) >= 11 is 0. The van der Waals surface area contributed by atoms with Gasteiger partial charge in [-0.1, -0.05) is 170 Å². The van der Waals surface area contributed by atoms with Crippen LogP contribution in [0.4, 0.5) is 34.1 Å². The van der Waals surface area contributed by atoms with Gasteiger partial charge in [0, 0.05) is 34.2 Å². The zero-order valence-corrected chi connectivity index (χ0v) is 33.4. The van der Waals surface area contributed by atoms with Gasteiger partial charge >= 0.3 is 0 Å². The highest BCUT2D eigenvalue weighted by atomic mass is 16.3. The molecule has 0 radical (unpaired) electrons. The van der Waals surface area contributed by atoms with Gasteiger partial charge in [0.15, 0.2) is 0 Å². The Morgan fingerprint density at radius 3 is 1.15 bits per heavy atom. The summed E-state index contributed by atoms with van der Waals surface area (Å²) in [6, 6.07) is 86.4. The molecule has 11 aromatic rings. The molecule has 0 aliphatic carbocycles. The fourth-order valence-corrected chi connectivity index (χ4v) is 8.61. The minimum absolute atomic E-state index is 0.815. The Balaban J connectivity index is 1.10. The molecule has 0 unspecified atom stereocenters. The van der Waals surface area contributed by atoms with E-state index in [9.17, 15) is 0 Å². The lowest BCUT2D eigenvalue weighted by Crippen LogP contribution is -2.13. The normalized spacial score (nSPS) is 11.3. The summed E-state index contributed by atoms with van der Waals surface area (Å²) in [7, 11) is 0. The Morgan fingerprint density at radius 2 is 0.639 bits per heavy atom. The number of nitrogens with zero attached hydrogens (tertiary/aromatic N) is 2. The molecule has 3 nitrogen and oxygen atoms in total. The quantitative estimate of drug-likeness (QED) is 0.145. The molecule has 1 aromatic heterocycles. The van der Waals surface area contributed by atoms with Gasteiger partial charge in [0.25, 0.3) is 0 Å². The largest absolute Gasteiger partial charge is 0.456 e. The van der Waals surface area contributed by atoms with Gasteiger partial charge in [0.05, 0.1) is 16.8 Å². The lowest BCUT2D eigenvalue weighted by Gasteiger charge is -2.30. The van der Waals surface area contributed by atoms with Gasteiger partial charge in [-0.15, -0.1) is 0 Å². The van der Waals surface area contributed by atoms with Gasteiger partial charge in [0.2, 0.25) is 0 Å². The maximum absolute atomic E-state index is 6.93. The van der Waals surface area contributed by atoms with E-state index in [2.05, 4.69) is 252 Å². The van der Waals surface area contributed by atoms with E-state index >= 15 is 0 Å². The molecule has 0 saturated carbocycles. The van der Waals surface area contributed by atoms with Crippen LogP contribution in [0.5, 0.6) is 0 Å². The van der Waals surface area contributed by atoms with Crippen LogP contribution in [0.25, 0.3) is 66.1 Å². The van der Waals surface area contributed by atoms with Crippen molar-refractivity contribution in [1.29, 1.82) is 0 Å². The monoisotopic (exact) mass is 780 g/mol. The zero-order chi connectivity index (χ0) is 40.5. The molecule has 0 aliphatic heterocycles. The molecule has 0 N–H and O–H groups in total. The number of furan rings is 1. The van der Waals surface area contributed by atoms with Crippen LogP contribution in [-0.2, 0) is 0 Å². The first-order valence-corrected chi connectivity index (χ1v) is 20.7. The smallest absolute Gasteiger partial charge is 0.139 e. The molecule has 0 atom stereocenters. The van der Waals surface area contributed by atoms with Crippen molar-refractivity contribution in [1.82, 2.24) is 0 Å². The van der Waals surface area contributed by atoms with Crippen molar-refractivity contribution in [2.45, 2.75) is 0 Å². The maximum Gasteiger partial charge on any atom is 0.139 e. The Morgan fingerprint density at radius 1 is 0.262 bits per heavy atom. The fraction of sp³-hybridized carbons (Fsp3) is 0. The number of para-hydroxylation sites is 2. The lowest BCUT2D eigenvalue weighted by atomic mass is 9.99. The van der Waals surface area contributed by atoms with Crippen molar-refractivity contribution in [2.24, 2.45) is 0 Å². The molecule has 0 saturated heterocycles. The van der Waals surface area contributed by atoms with E-state index in [4.69, 9.17) is 4.42 Å². The lowest BCUT2D eigenvalue weighted by molar-refractivity contribution is 0.669. The molecule has 0 spiro atoms. The molecule has 0 amide bonds. The van der Waals surface area contributed by atoms with Crippen LogP contribution >= 0.6 is 0 Å². The van der Waals surface area contributed by atoms with Crippen LogP contribution in [0, 0.1) is 0 Å². The molecule has 61 heavy (non-hydrogen) atoms. The van der Waals surface area contributed by atoms with Crippen LogP contribution in [0.1, 0.15) is 0 Å². The predicted molar refractivity (Wildman–Crippen MR) is 257 cm³/mol. The van der Waals surface area contributed by atoms with Crippen molar-refractivity contribution < 1.29 is 4.42 Å². The van der Waals surface area contributed by atoms with E-state index in [1.165, 1.54) is 33.2 Å². The molecule has 10 aromatic carbocycles. The topological polar surface area (TPSA) is 19.6 Å². The number of fused-ring (bicyclic) bond motifs is 4. The summed E-state index contributed by atoms with van der Waals surface area (Å²) in [5, 5.41) is 4.45. The van der Waals surface area contributed by atoms with Gasteiger partial charge < -0.3 is 14.2 Å². The average Bonchev–Trinajstić information content (AvgIpc) is 3.70. The van der Waals surface area contributed by atoms with E-state index < -0.39 is 0 Å². The summed E-state index contributed by atoms with van der Waals surface area (Å²) in [4.78, 5) is 4.70. The molecule has 0 bridgehead atoms. The van der Waals surface area contributed by atoms with Crippen molar-refractivity contribution >= 4 is 66.8 Å². The SMILES string of the molecule is c1ccc(-c2ccc(-c3ccc(N(c4ccccc4)c4cc(N(c5ccccc5)c5ccc(-c6ccccc6)cc5)cc5oc6cc7ccccc7cc6c45)cc3)cc2)cc1. The second kappa shape index (κ2) is 15.6. The first-order valence-electron chi connectivity index (χ1n) is 20.7. The number of hydrogen-bond acceptors (Lipinski definition) is 3. The molecular formula is C58H40N2O. The first-order chi connectivity index (χ1) is 30.2. The van der Waals surface area contributed by atoms with Gasteiger partial charge in [-0.3, -0.25) is 0 Å². The first kappa shape index (κ1) is 36.0. The van der Waals surface area contributed by atoms with Gasteiger partial charge in [-0.05, 0) is 111 Å². The zero-order valence-electron chi connectivity index (χ0n) is 33.4. The second-order valence-electron chi connectivity index (χ2n) is 15.4. The Bertz CT molecular complexity index is 3250. The highest BCUT2D eigenvalue weighted by Crippen LogP contribution is 2.48. The van der Waals surface area contributed by atoms with E-state index in [0.29, 0.717) is 0 Å². The van der Waals surface area contributed by atoms with Gasteiger partial charge in [-0.25, -0.2) is 0 Å². The number of benzene rings is 10. The highest BCUT2D eigenvalue weighted by Gasteiger charge is 2.24. The predicted octanol–water partition coefficient (Wildman–Crippen LogP) is 16.7. The third-order valence-electron chi connectivity index (χ3n) is 11.6. The average molecular weight is 781 g/mol. The highest BCUT2D eigenvalue weighted by molar-refractivity contribution is 6.17. The van der Waals surface area contributed by atoms with E-state index in [1.54, 1.807) is 0 Å². The van der Waals surface area contributed by atoms with Crippen molar-refractivity contribution in [2.75, 3.05) is 9.80 Å². The summed E-state index contributed by atoms with van der Waals surface area (Å²) in [6.45, 7) is 0. The number of hydrogen-bond donors (Lipinski definition) is 0. The Labute approximate surface area is 355 Å². The van der Waals surface area contributed by atoms with E-state index in [-0.39, 0.29) is 0 Å². The molecule has 1 heterocycles. The molecular weight excluding hydrogens is 741 g/mol. The third-order valence-corrected chi connectivity index (χ3v) is 11.6. The third kappa shape index (κ3) is 6.88. The summed E-state index contributed by atoms with van der Waals surface area (Å²) in [5.74, 6) is 0. The molecule has 0 aliphatic rings. The summed E-state index contributed by atoms with van der Waals surface area (Å²) in [6.07, 6.45) is 0. The molecule has 3 heteroatoms. The van der Waals surface area contributed by atoms with Crippen LogP contribution in [0.2, 0.25) is 0 Å². The Kier molecular flexibility index (Phi) is 9.18. The minimum atomic E-state index is 0.815. The minimum Gasteiger partial charge on any atom is -0.456 e. The fourth-order valence-electron chi connectivity index (χ4n) is 8.61. The Hall–Kier alpha value is -8.14. The van der Waals surface area contributed by atoms with Crippen molar-refractivity contribution in [3.63, 3.8) is 0 Å². The standard InChI is InChI=1S/C58H40N2O/c1-5-15-41(16-6-1)43-25-27-44(28-26-43)46-31-35-52(36-32-46)60(50-23-11-4-12-24-50)55-39-53(40-57-58(55)54-37-47-19-13-14-20-48(47)38-56(54)61-57)59(49-21-9-3-10-22-49)51-33-29-45(30-34-51)42-17-7-2-8-18-42/h1-40H. The van der Waals surface area contributed by atoms with E-state index in [0.717, 1.165) is 67.0 Å². The van der Waals surface area contributed by atoms with Crippen molar-refractivity contribution in [3.8, 4) is 33.4 Å². The van der Waals surface area contributed by atoms with Gasteiger partial charge in [-0.2, -0.15) is 0 Å². The van der Waals surface area contributed by atoms with Crippen LogP contribution in [0.15, 0.2) is 247 Å². The maximum atomic E-state index is 6.93. The molecule has 11 rings (SSSR count). The summed E-state index contributed by atoms with van der Waals surface area (Å²) in [5.41, 5.74) is 15.0. The van der Waals surface area contributed by atoms with Crippen LogP contribution < -0.4 is 9.80 Å². The molecule has 0 fully saturated rings. The summed E-state index contributed by atoms with van der Waals surface area (Å²) < 4.78 is 6.93. The number of rotatable bonds is 9. The van der Waals surface area contributed by atoms with Crippen LogP contribution in [0.3, 0.4) is 0 Å². The van der Waals surface area contributed by atoms with E-state index in [1.807, 2.05) is 0 Å². The number of anilines is 6. The van der Waals surface area contributed by atoms with Crippen LogP contribution in [-0.4, -0.2) is 0 Å².